The van der Waals surface area contributed by atoms with Crippen molar-refractivity contribution in [3.05, 3.63) is 65.0 Å². The molecule has 0 bridgehead atoms. The van der Waals surface area contributed by atoms with Crippen molar-refractivity contribution in [3.63, 3.8) is 0 Å². The molecule has 2 atom stereocenters. The zero-order valence-electron chi connectivity index (χ0n) is 17.5. The minimum absolute atomic E-state index is 0.0876. The molecule has 2 heterocycles. The molecule has 1 aliphatic carbocycles. The fourth-order valence-corrected chi connectivity index (χ4v) is 5.35. The Morgan fingerprint density at radius 3 is 2.48 bits per heavy atom. The number of amides is 1. The van der Waals surface area contributed by atoms with E-state index in [0.717, 1.165) is 43.1 Å². The number of aliphatic hydroxyl groups is 1. The molecule has 0 radical (unpaired) electrons. The molecule has 1 spiro atoms. The smallest absolute Gasteiger partial charge is 0.275 e. The summed E-state index contributed by atoms with van der Waals surface area (Å²) in [5.41, 5.74) is 1.18. The van der Waals surface area contributed by atoms with E-state index in [4.69, 9.17) is 0 Å². The van der Waals surface area contributed by atoms with Crippen LogP contribution in [0.15, 0.2) is 59.4 Å². The number of carbonyl (C=O) groups excluding carboxylic acids is 1. The van der Waals surface area contributed by atoms with Gasteiger partial charge in [0.1, 0.15) is 6.54 Å². The second-order valence-corrected chi connectivity index (χ2v) is 8.91. The van der Waals surface area contributed by atoms with Crippen LogP contribution in [0.5, 0.6) is 0 Å². The third-order valence-corrected chi connectivity index (χ3v) is 7.02. The first-order valence-corrected chi connectivity index (χ1v) is 11.1. The van der Waals surface area contributed by atoms with Crippen molar-refractivity contribution in [2.75, 3.05) is 13.1 Å². The summed E-state index contributed by atoms with van der Waals surface area (Å²) in [6.45, 7) is 1.15. The van der Waals surface area contributed by atoms with Crippen LogP contribution in [0, 0.1) is 5.41 Å². The van der Waals surface area contributed by atoms with Gasteiger partial charge in [0.2, 0.25) is 5.91 Å². The number of hydrogen-bond donors (Lipinski definition) is 1. The molecule has 6 heteroatoms. The van der Waals surface area contributed by atoms with Gasteiger partial charge in [0, 0.05) is 29.5 Å². The van der Waals surface area contributed by atoms with Gasteiger partial charge in [0.25, 0.3) is 5.56 Å². The molecule has 0 unspecified atom stereocenters. The van der Waals surface area contributed by atoms with Crippen molar-refractivity contribution in [2.45, 2.75) is 44.8 Å². The minimum Gasteiger partial charge on any atom is -0.392 e. The Labute approximate surface area is 181 Å². The molecule has 1 saturated carbocycles. The Hall–Kier alpha value is -2.99. The van der Waals surface area contributed by atoms with E-state index in [1.54, 1.807) is 6.07 Å². The largest absolute Gasteiger partial charge is 0.392 e. The van der Waals surface area contributed by atoms with Gasteiger partial charge < -0.3 is 10.0 Å². The van der Waals surface area contributed by atoms with E-state index in [-0.39, 0.29) is 29.5 Å². The molecular formula is C25H27N3O3. The summed E-state index contributed by atoms with van der Waals surface area (Å²) in [6, 6.07) is 17.1. The van der Waals surface area contributed by atoms with Crippen LogP contribution in [0.25, 0.3) is 22.0 Å². The van der Waals surface area contributed by atoms with Crippen molar-refractivity contribution in [3.8, 4) is 11.3 Å². The molecule has 2 fully saturated rings. The number of aromatic nitrogens is 2. The van der Waals surface area contributed by atoms with Gasteiger partial charge in [-0.3, -0.25) is 9.59 Å². The third-order valence-electron chi connectivity index (χ3n) is 7.02. The fourth-order valence-electron chi connectivity index (χ4n) is 5.35. The average molecular weight is 418 g/mol. The highest BCUT2D eigenvalue weighted by atomic mass is 16.3. The molecule has 1 saturated heterocycles. The first-order valence-electron chi connectivity index (χ1n) is 11.1. The van der Waals surface area contributed by atoms with E-state index in [1.165, 1.54) is 4.68 Å². The number of piperidine rings is 1. The molecule has 1 N–H and O–H groups in total. The van der Waals surface area contributed by atoms with Crippen LogP contribution < -0.4 is 5.56 Å². The van der Waals surface area contributed by atoms with Gasteiger partial charge in [-0.2, -0.15) is 5.10 Å². The predicted octanol–water partition coefficient (Wildman–Crippen LogP) is 3.22. The third kappa shape index (κ3) is 3.55. The SMILES string of the molecule is O=C(Cn1nc(-c2ccccc2)c2ccccc2c1=O)N1CCC[C@@]2(CCC[C@H]2O)C1. The number of nitrogens with zero attached hydrogens (tertiary/aromatic N) is 3. The molecule has 1 aromatic heterocycles. The fraction of sp³-hybridized carbons (Fsp3) is 0.400. The molecule has 1 amide bonds. The maximum Gasteiger partial charge on any atom is 0.275 e. The van der Waals surface area contributed by atoms with Crippen LogP contribution in [-0.2, 0) is 11.3 Å². The lowest BCUT2D eigenvalue weighted by molar-refractivity contribution is -0.137. The highest BCUT2D eigenvalue weighted by Gasteiger charge is 2.45. The van der Waals surface area contributed by atoms with Gasteiger partial charge in [-0.05, 0) is 31.7 Å². The van der Waals surface area contributed by atoms with Gasteiger partial charge in [-0.25, -0.2) is 4.68 Å². The summed E-state index contributed by atoms with van der Waals surface area (Å²) in [4.78, 5) is 28.1. The quantitative estimate of drug-likeness (QED) is 0.710. The predicted molar refractivity (Wildman–Crippen MR) is 120 cm³/mol. The van der Waals surface area contributed by atoms with E-state index in [2.05, 4.69) is 5.10 Å². The highest BCUT2D eigenvalue weighted by Crippen LogP contribution is 2.45. The Balaban J connectivity index is 1.49. The van der Waals surface area contributed by atoms with E-state index < -0.39 is 0 Å². The van der Waals surface area contributed by atoms with Crippen LogP contribution in [-0.4, -0.2) is 44.9 Å². The molecule has 5 rings (SSSR count). The number of carbonyl (C=O) groups is 1. The van der Waals surface area contributed by atoms with Crippen molar-refractivity contribution < 1.29 is 9.90 Å². The number of aliphatic hydroxyl groups excluding tert-OH is 1. The second-order valence-electron chi connectivity index (χ2n) is 8.91. The number of hydrogen-bond acceptors (Lipinski definition) is 4. The maximum atomic E-state index is 13.2. The van der Waals surface area contributed by atoms with Crippen LogP contribution in [0.2, 0.25) is 0 Å². The second kappa shape index (κ2) is 7.93. The molecule has 2 aliphatic rings. The number of fused-ring (bicyclic) bond motifs is 1. The lowest BCUT2D eigenvalue weighted by atomic mass is 9.76. The molecule has 160 valence electrons. The van der Waals surface area contributed by atoms with Gasteiger partial charge in [-0.1, -0.05) is 55.0 Å². The van der Waals surface area contributed by atoms with Crippen molar-refractivity contribution >= 4 is 16.7 Å². The van der Waals surface area contributed by atoms with Gasteiger partial charge >= 0.3 is 0 Å². The van der Waals surface area contributed by atoms with E-state index in [9.17, 15) is 14.7 Å². The Morgan fingerprint density at radius 2 is 1.74 bits per heavy atom. The van der Waals surface area contributed by atoms with Gasteiger partial charge in [0.15, 0.2) is 0 Å². The monoisotopic (exact) mass is 417 g/mol. The molecule has 6 nitrogen and oxygen atoms in total. The molecular weight excluding hydrogens is 390 g/mol. The van der Waals surface area contributed by atoms with Crippen molar-refractivity contribution in [1.29, 1.82) is 0 Å². The zero-order chi connectivity index (χ0) is 21.4. The summed E-state index contributed by atoms with van der Waals surface area (Å²) < 4.78 is 1.30. The first-order chi connectivity index (χ1) is 15.1. The van der Waals surface area contributed by atoms with Crippen molar-refractivity contribution in [1.82, 2.24) is 14.7 Å². The van der Waals surface area contributed by atoms with E-state index >= 15 is 0 Å². The van der Waals surface area contributed by atoms with E-state index in [0.29, 0.717) is 24.2 Å². The molecule has 3 aromatic rings. The van der Waals surface area contributed by atoms with Gasteiger partial charge in [-0.15, -0.1) is 0 Å². The normalized spacial score (nSPS) is 23.5. The number of likely N-dealkylation sites (tertiary alicyclic amines) is 1. The summed E-state index contributed by atoms with van der Waals surface area (Å²) in [5.74, 6) is -0.109. The maximum absolute atomic E-state index is 13.2. The topological polar surface area (TPSA) is 75.4 Å². The first kappa shape index (κ1) is 19.9. The highest BCUT2D eigenvalue weighted by molar-refractivity contribution is 5.93. The van der Waals surface area contributed by atoms with Crippen molar-refractivity contribution in [2.24, 2.45) is 5.41 Å². The van der Waals surface area contributed by atoms with E-state index in [1.807, 2.05) is 53.4 Å². The van der Waals surface area contributed by atoms with Crippen LogP contribution >= 0.6 is 0 Å². The summed E-state index contributed by atoms with van der Waals surface area (Å²) >= 11 is 0. The Bertz CT molecular complexity index is 1170. The Kier molecular flexibility index (Phi) is 5.10. The zero-order valence-corrected chi connectivity index (χ0v) is 17.5. The standard InChI is InChI=1S/C25H27N3O3/c29-21-12-6-13-25(21)14-7-15-27(17-25)22(30)16-28-24(31)20-11-5-4-10-19(20)23(26-28)18-8-2-1-3-9-18/h1-5,8-11,21,29H,6-7,12-17H2/t21-,25+/m1/s1. The van der Waals surface area contributed by atoms with Gasteiger partial charge in [0.05, 0.1) is 17.2 Å². The summed E-state index contributed by atoms with van der Waals surface area (Å²) in [6.07, 6.45) is 4.30. The lowest BCUT2D eigenvalue weighted by Crippen LogP contribution is -2.50. The van der Waals surface area contributed by atoms with Crippen LogP contribution in [0.3, 0.4) is 0 Å². The average Bonchev–Trinajstić information content (AvgIpc) is 3.15. The molecule has 2 aromatic carbocycles. The molecule has 31 heavy (non-hydrogen) atoms. The summed E-state index contributed by atoms with van der Waals surface area (Å²) in [7, 11) is 0. The minimum atomic E-state index is -0.339. The summed E-state index contributed by atoms with van der Waals surface area (Å²) in [5, 5.41) is 16.5. The number of rotatable bonds is 3. The van der Waals surface area contributed by atoms with Crippen LogP contribution in [0.4, 0.5) is 0 Å². The Morgan fingerprint density at radius 1 is 1.03 bits per heavy atom. The number of benzene rings is 2. The molecule has 1 aliphatic heterocycles. The van der Waals surface area contributed by atoms with Crippen LogP contribution in [0.1, 0.15) is 32.1 Å². The lowest BCUT2D eigenvalue weighted by Gasteiger charge is -2.42.